The minimum Gasteiger partial charge on any atom is -0.346 e. The topological polar surface area (TPSA) is 66.5 Å². The fourth-order valence-electron chi connectivity index (χ4n) is 3.31. The Morgan fingerprint density at radius 1 is 1.07 bits per heavy atom. The summed E-state index contributed by atoms with van der Waals surface area (Å²) in [6, 6.07) is 12.1. The minimum atomic E-state index is -3.71. The average molecular weight is 421 g/mol. The molecule has 1 atom stereocenters. The van der Waals surface area contributed by atoms with Gasteiger partial charge in [0.1, 0.15) is 4.90 Å². The van der Waals surface area contributed by atoms with Crippen molar-refractivity contribution >= 4 is 27.5 Å². The number of nitrogens with zero attached hydrogens (tertiary/aromatic N) is 1. The van der Waals surface area contributed by atoms with Crippen molar-refractivity contribution in [3.05, 3.63) is 64.2 Å². The third-order valence-corrected chi connectivity index (χ3v) is 7.43. The third-order valence-electron chi connectivity index (χ3n) is 5.05. The second kappa shape index (κ2) is 8.64. The Balaban J connectivity index is 1.82. The number of sulfonamides is 1. The van der Waals surface area contributed by atoms with Gasteiger partial charge in [0.25, 0.3) is 5.91 Å². The lowest BCUT2D eigenvalue weighted by atomic mass is 10.1. The molecule has 1 saturated heterocycles. The predicted octanol–water partition coefficient (Wildman–Crippen LogP) is 4.31. The zero-order valence-corrected chi connectivity index (χ0v) is 17.7. The van der Waals surface area contributed by atoms with E-state index in [-0.39, 0.29) is 27.4 Å². The lowest BCUT2D eigenvalue weighted by molar-refractivity contribution is 0.0939. The summed E-state index contributed by atoms with van der Waals surface area (Å²) < 4.78 is 27.4. The first-order valence-corrected chi connectivity index (χ1v) is 11.3. The second-order valence-corrected chi connectivity index (χ2v) is 9.53. The van der Waals surface area contributed by atoms with E-state index < -0.39 is 10.0 Å². The summed E-state index contributed by atoms with van der Waals surface area (Å²) in [5, 5.41) is 3.05. The van der Waals surface area contributed by atoms with E-state index in [1.807, 2.05) is 38.1 Å². The summed E-state index contributed by atoms with van der Waals surface area (Å²) in [4.78, 5) is 12.7. The fourth-order valence-corrected chi connectivity index (χ4v) is 5.32. The first-order chi connectivity index (χ1) is 13.3. The van der Waals surface area contributed by atoms with Gasteiger partial charge >= 0.3 is 0 Å². The molecule has 1 aliphatic heterocycles. The normalized spacial score (nSPS) is 16.5. The molecule has 28 heavy (non-hydrogen) atoms. The van der Waals surface area contributed by atoms with E-state index in [1.54, 1.807) is 6.07 Å². The van der Waals surface area contributed by atoms with Crippen LogP contribution in [0.2, 0.25) is 5.02 Å². The van der Waals surface area contributed by atoms with Gasteiger partial charge in [-0.15, -0.1) is 0 Å². The SMILES string of the molecule is Cc1ccc(C(C)NC(=O)c2ccc(Cl)c(S(=O)(=O)N3CCCCC3)c2)cc1. The van der Waals surface area contributed by atoms with Crippen LogP contribution in [0.4, 0.5) is 0 Å². The van der Waals surface area contributed by atoms with Crippen LogP contribution in [0.25, 0.3) is 0 Å². The van der Waals surface area contributed by atoms with E-state index in [0.29, 0.717) is 13.1 Å². The van der Waals surface area contributed by atoms with Gasteiger partial charge in [0.15, 0.2) is 0 Å². The maximum atomic E-state index is 13.0. The average Bonchev–Trinajstić information content (AvgIpc) is 2.69. The van der Waals surface area contributed by atoms with Gasteiger partial charge in [-0.1, -0.05) is 47.9 Å². The van der Waals surface area contributed by atoms with Gasteiger partial charge in [0.05, 0.1) is 11.1 Å². The maximum Gasteiger partial charge on any atom is 0.251 e. The van der Waals surface area contributed by atoms with E-state index in [9.17, 15) is 13.2 Å². The van der Waals surface area contributed by atoms with Gasteiger partial charge in [-0.05, 0) is 50.5 Å². The first kappa shape index (κ1) is 20.8. The van der Waals surface area contributed by atoms with Gasteiger partial charge in [0, 0.05) is 18.7 Å². The molecule has 1 unspecified atom stereocenters. The number of carbonyl (C=O) groups is 1. The maximum absolute atomic E-state index is 13.0. The Kier molecular flexibility index (Phi) is 6.43. The molecule has 2 aromatic carbocycles. The number of amides is 1. The largest absolute Gasteiger partial charge is 0.346 e. The highest BCUT2D eigenvalue weighted by atomic mass is 35.5. The number of aryl methyl sites for hydroxylation is 1. The van der Waals surface area contributed by atoms with Crippen molar-refractivity contribution in [3.8, 4) is 0 Å². The van der Waals surface area contributed by atoms with Crippen LogP contribution < -0.4 is 5.32 Å². The van der Waals surface area contributed by atoms with Crippen LogP contribution in [0.3, 0.4) is 0 Å². The molecule has 1 fully saturated rings. The molecule has 2 aromatic rings. The summed E-state index contributed by atoms with van der Waals surface area (Å²) in [6.07, 6.45) is 2.70. The van der Waals surface area contributed by atoms with Crippen molar-refractivity contribution in [2.75, 3.05) is 13.1 Å². The van der Waals surface area contributed by atoms with Crippen molar-refractivity contribution in [1.82, 2.24) is 9.62 Å². The Morgan fingerprint density at radius 3 is 2.36 bits per heavy atom. The number of halogens is 1. The predicted molar refractivity (Wildman–Crippen MR) is 111 cm³/mol. The van der Waals surface area contributed by atoms with Crippen LogP contribution in [-0.2, 0) is 10.0 Å². The molecule has 0 aliphatic carbocycles. The highest BCUT2D eigenvalue weighted by Gasteiger charge is 2.29. The van der Waals surface area contributed by atoms with Crippen LogP contribution in [-0.4, -0.2) is 31.7 Å². The van der Waals surface area contributed by atoms with Gasteiger partial charge in [-0.2, -0.15) is 4.31 Å². The van der Waals surface area contributed by atoms with Gasteiger partial charge in [-0.25, -0.2) is 8.42 Å². The smallest absolute Gasteiger partial charge is 0.251 e. The molecule has 7 heteroatoms. The van der Waals surface area contributed by atoms with Crippen LogP contribution in [0.15, 0.2) is 47.4 Å². The Hall–Kier alpha value is -1.89. The van der Waals surface area contributed by atoms with Crippen molar-refractivity contribution < 1.29 is 13.2 Å². The molecule has 0 saturated carbocycles. The number of hydrogen-bond donors (Lipinski definition) is 1. The van der Waals surface area contributed by atoms with Crippen LogP contribution in [0.1, 0.15) is 53.7 Å². The number of nitrogens with one attached hydrogen (secondary N) is 1. The molecule has 0 bridgehead atoms. The highest BCUT2D eigenvalue weighted by Crippen LogP contribution is 2.28. The van der Waals surface area contributed by atoms with Crippen molar-refractivity contribution in [2.45, 2.75) is 44.0 Å². The summed E-state index contributed by atoms with van der Waals surface area (Å²) in [6.45, 7) is 4.87. The zero-order chi connectivity index (χ0) is 20.3. The molecule has 1 amide bonds. The van der Waals surface area contributed by atoms with Crippen molar-refractivity contribution in [2.24, 2.45) is 0 Å². The monoisotopic (exact) mass is 420 g/mol. The fraction of sp³-hybridized carbons (Fsp3) is 0.381. The van der Waals surface area contributed by atoms with Crippen molar-refractivity contribution in [1.29, 1.82) is 0 Å². The Labute approximate surface area is 171 Å². The number of rotatable bonds is 5. The summed E-state index contributed by atoms with van der Waals surface area (Å²) >= 11 is 6.18. The molecular formula is C21H25ClN2O3S. The zero-order valence-electron chi connectivity index (χ0n) is 16.1. The van der Waals surface area contributed by atoms with Crippen LogP contribution in [0, 0.1) is 6.92 Å². The number of hydrogen-bond acceptors (Lipinski definition) is 3. The number of benzene rings is 2. The third kappa shape index (κ3) is 4.57. The summed E-state index contributed by atoms with van der Waals surface area (Å²) in [7, 11) is -3.71. The number of piperidine rings is 1. The van der Waals surface area contributed by atoms with E-state index >= 15 is 0 Å². The molecule has 0 radical (unpaired) electrons. The van der Waals surface area contributed by atoms with Crippen molar-refractivity contribution in [3.63, 3.8) is 0 Å². The first-order valence-electron chi connectivity index (χ1n) is 9.46. The Morgan fingerprint density at radius 2 is 1.71 bits per heavy atom. The molecule has 1 heterocycles. The molecular weight excluding hydrogens is 396 g/mol. The molecule has 1 aliphatic rings. The molecule has 1 N–H and O–H groups in total. The Bertz CT molecular complexity index is 952. The highest BCUT2D eigenvalue weighted by molar-refractivity contribution is 7.89. The quantitative estimate of drug-likeness (QED) is 0.783. The summed E-state index contributed by atoms with van der Waals surface area (Å²) in [5.74, 6) is -0.333. The molecule has 5 nitrogen and oxygen atoms in total. The lowest BCUT2D eigenvalue weighted by Gasteiger charge is -2.26. The van der Waals surface area contributed by atoms with Gasteiger partial charge in [-0.3, -0.25) is 4.79 Å². The van der Waals surface area contributed by atoms with Crippen LogP contribution in [0.5, 0.6) is 0 Å². The van der Waals surface area contributed by atoms with E-state index in [2.05, 4.69) is 5.32 Å². The van der Waals surface area contributed by atoms with E-state index in [4.69, 9.17) is 11.6 Å². The second-order valence-electron chi connectivity index (χ2n) is 7.22. The molecule has 3 rings (SSSR count). The van der Waals surface area contributed by atoms with Gasteiger partial charge < -0.3 is 5.32 Å². The molecule has 0 spiro atoms. The standard InChI is InChI=1S/C21H25ClN2O3S/c1-15-6-8-17(9-7-15)16(2)23-21(25)18-10-11-19(22)20(14-18)28(26,27)24-12-4-3-5-13-24/h6-11,14,16H,3-5,12-13H2,1-2H3,(H,23,25). The minimum absolute atomic E-state index is 0.00768. The van der Waals surface area contributed by atoms with E-state index in [0.717, 1.165) is 30.4 Å². The molecule has 0 aromatic heterocycles. The lowest BCUT2D eigenvalue weighted by Crippen LogP contribution is -2.36. The number of carbonyl (C=O) groups excluding carboxylic acids is 1. The van der Waals surface area contributed by atoms with E-state index in [1.165, 1.54) is 16.4 Å². The molecule has 150 valence electrons. The van der Waals surface area contributed by atoms with Crippen LogP contribution >= 0.6 is 11.6 Å². The summed E-state index contributed by atoms with van der Waals surface area (Å²) in [5.41, 5.74) is 2.40. The van der Waals surface area contributed by atoms with Gasteiger partial charge in [0.2, 0.25) is 10.0 Å².